The van der Waals surface area contributed by atoms with Crippen LogP contribution in [0.1, 0.15) is 24.5 Å². The molecule has 0 saturated heterocycles. The highest BCUT2D eigenvalue weighted by atomic mass is 32.2. The number of nitrogens with zero attached hydrogens (tertiary/aromatic N) is 1. The van der Waals surface area contributed by atoms with E-state index in [1.54, 1.807) is 66.7 Å². The summed E-state index contributed by atoms with van der Waals surface area (Å²) in [5.41, 5.74) is 3.04. The molecule has 0 radical (unpaired) electrons. The van der Waals surface area contributed by atoms with E-state index in [9.17, 15) is 18.0 Å². The fraction of sp³-hybridized carbons (Fsp3) is 0.231. The number of nitrogens with one attached hydrogen (secondary N) is 2. The molecule has 1 aliphatic rings. The van der Waals surface area contributed by atoms with Crippen LogP contribution in [-0.2, 0) is 26.0 Å². The van der Waals surface area contributed by atoms with Crippen molar-refractivity contribution in [2.75, 3.05) is 28.1 Å². The number of amides is 2. The highest BCUT2D eigenvalue weighted by Crippen LogP contribution is 2.34. The minimum absolute atomic E-state index is 0.206. The Hall–Kier alpha value is -3.85. The number of rotatable bonds is 6. The van der Waals surface area contributed by atoms with Gasteiger partial charge in [0.05, 0.1) is 22.9 Å². The average Bonchev–Trinajstić information content (AvgIpc) is 2.85. The Balaban J connectivity index is 1.54. The normalized spacial score (nSPS) is 13.0. The smallest absolute Gasteiger partial charge is 0.314 e. The Labute approximate surface area is 205 Å². The number of ether oxygens (including phenoxy) is 1. The molecule has 4 rings (SSSR count). The van der Waals surface area contributed by atoms with Crippen LogP contribution in [0.3, 0.4) is 0 Å². The van der Waals surface area contributed by atoms with Gasteiger partial charge in [0, 0.05) is 12.2 Å². The van der Waals surface area contributed by atoms with E-state index in [1.165, 1.54) is 4.31 Å². The molecule has 1 heterocycles. The third-order valence-corrected chi connectivity index (χ3v) is 7.50. The first-order chi connectivity index (χ1) is 16.8. The average molecular weight is 494 g/mol. The molecule has 0 atom stereocenters. The van der Waals surface area contributed by atoms with Crippen LogP contribution in [0.5, 0.6) is 5.75 Å². The van der Waals surface area contributed by atoms with Crippen molar-refractivity contribution in [3.8, 4) is 5.75 Å². The Morgan fingerprint density at radius 1 is 0.971 bits per heavy atom. The number of para-hydroxylation sites is 2. The summed E-state index contributed by atoms with van der Waals surface area (Å²) in [7, 11) is -3.78. The van der Waals surface area contributed by atoms with Gasteiger partial charge in [0.25, 0.3) is 10.0 Å². The molecule has 0 spiro atoms. The highest BCUT2D eigenvalue weighted by Gasteiger charge is 2.29. The topological polar surface area (TPSA) is 105 Å². The number of carbonyl (C=O) groups is 2. The second-order valence-electron chi connectivity index (χ2n) is 8.17. The van der Waals surface area contributed by atoms with Crippen molar-refractivity contribution in [1.82, 2.24) is 0 Å². The number of hydrogen-bond acceptors (Lipinski definition) is 5. The van der Waals surface area contributed by atoms with Crippen molar-refractivity contribution < 1.29 is 22.7 Å². The molecule has 2 amide bonds. The lowest BCUT2D eigenvalue weighted by Gasteiger charge is -2.31. The van der Waals surface area contributed by atoms with Gasteiger partial charge in [-0.05, 0) is 68.7 Å². The molecular formula is C26H27N3O5S. The lowest BCUT2D eigenvalue weighted by atomic mass is 10.0. The molecule has 2 N–H and O–H groups in total. The number of anilines is 3. The van der Waals surface area contributed by atoms with E-state index in [4.69, 9.17) is 4.74 Å². The summed E-state index contributed by atoms with van der Waals surface area (Å²) in [5.74, 6) is -1.28. The molecule has 0 aromatic heterocycles. The van der Waals surface area contributed by atoms with Gasteiger partial charge in [-0.1, -0.05) is 35.9 Å². The van der Waals surface area contributed by atoms with Crippen molar-refractivity contribution in [3.63, 3.8) is 0 Å². The third kappa shape index (κ3) is 5.30. The maximum atomic E-state index is 13.4. The zero-order chi connectivity index (χ0) is 25.0. The zero-order valence-electron chi connectivity index (χ0n) is 19.6. The largest absolute Gasteiger partial charge is 0.492 e. The van der Waals surface area contributed by atoms with Crippen molar-refractivity contribution in [2.45, 2.75) is 31.6 Å². The predicted octanol–water partition coefficient (Wildman–Crippen LogP) is 4.11. The van der Waals surface area contributed by atoms with E-state index in [2.05, 4.69) is 10.6 Å². The first-order valence-electron chi connectivity index (χ1n) is 11.4. The lowest BCUT2D eigenvalue weighted by Crippen LogP contribution is -2.35. The molecule has 0 saturated carbocycles. The van der Waals surface area contributed by atoms with E-state index >= 15 is 0 Å². The van der Waals surface area contributed by atoms with E-state index in [1.807, 2.05) is 13.8 Å². The minimum Gasteiger partial charge on any atom is -0.492 e. The zero-order valence-corrected chi connectivity index (χ0v) is 20.4. The van der Waals surface area contributed by atoms with Crippen LogP contribution >= 0.6 is 0 Å². The first-order valence-corrected chi connectivity index (χ1v) is 12.8. The summed E-state index contributed by atoms with van der Waals surface area (Å²) >= 11 is 0. The first kappa shape index (κ1) is 24.3. The summed E-state index contributed by atoms with van der Waals surface area (Å²) in [4.78, 5) is 25.3. The molecule has 182 valence electrons. The van der Waals surface area contributed by atoms with Crippen LogP contribution in [0.25, 0.3) is 0 Å². The Kier molecular flexibility index (Phi) is 7.07. The molecule has 35 heavy (non-hydrogen) atoms. The number of benzene rings is 3. The van der Waals surface area contributed by atoms with Gasteiger partial charge in [0.2, 0.25) is 0 Å². The monoisotopic (exact) mass is 493 g/mol. The summed E-state index contributed by atoms with van der Waals surface area (Å²) in [6.07, 6.45) is 1.41. The maximum absolute atomic E-state index is 13.4. The fourth-order valence-corrected chi connectivity index (χ4v) is 5.46. The van der Waals surface area contributed by atoms with Gasteiger partial charge in [0.1, 0.15) is 5.75 Å². The summed E-state index contributed by atoms with van der Waals surface area (Å²) < 4.78 is 33.5. The number of hydrogen-bond donors (Lipinski definition) is 2. The van der Waals surface area contributed by atoms with Gasteiger partial charge < -0.3 is 15.4 Å². The van der Waals surface area contributed by atoms with Crippen LogP contribution in [0, 0.1) is 6.92 Å². The Morgan fingerprint density at radius 3 is 2.43 bits per heavy atom. The van der Waals surface area contributed by atoms with Gasteiger partial charge in [-0.25, -0.2) is 8.42 Å². The van der Waals surface area contributed by atoms with Crippen molar-refractivity contribution in [2.24, 2.45) is 0 Å². The molecule has 1 aliphatic heterocycles. The lowest BCUT2D eigenvalue weighted by molar-refractivity contribution is -0.133. The van der Waals surface area contributed by atoms with E-state index in [-0.39, 0.29) is 4.90 Å². The Morgan fingerprint density at radius 2 is 1.69 bits per heavy atom. The van der Waals surface area contributed by atoms with Gasteiger partial charge >= 0.3 is 11.8 Å². The van der Waals surface area contributed by atoms with Gasteiger partial charge in [-0.2, -0.15) is 0 Å². The minimum atomic E-state index is -3.78. The number of aryl methyl sites for hydroxylation is 2. The predicted molar refractivity (Wildman–Crippen MR) is 135 cm³/mol. The van der Waals surface area contributed by atoms with Gasteiger partial charge in [-0.15, -0.1) is 0 Å². The molecule has 3 aromatic rings. The SMILES string of the molecule is CCOc1ccccc1NC(=O)C(=O)Nc1ccc2c(c1)N(S(=O)(=O)c1ccc(C)cc1)CCC2. The number of fused-ring (bicyclic) bond motifs is 1. The van der Waals surface area contributed by atoms with Crippen LogP contribution < -0.4 is 19.7 Å². The van der Waals surface area contributed by atoms with Crippen LogP contribution in [-0.4, -0.2) is 33.4 Å². The summed E-state index contributed by atoms with van der Waals surface area (Å²) in [6, 6.07) is 18.6. The van der Waals surface area contributed by atoms with Crippen LogP contribution in [0.4, 0.5) is 17.1 Å². The second-order valence-corrected chi connectivity index (χ2v) is 10.0. The molecule has 3 aromatic carbocycles. The standard InChI is InChI=1S/C26H27N3O5S/c1-3-34-24-9-5-4-8-22(24)28-26(31)25(30)27-20-13-12-19-7-6-16-29(23(19)17-20)35(32,33)21-14-10-18(2)11-15-21/h4-5,8-15,17H,3,6-7,16H2,1-2H3,(H,27,30)(H,28,31). The van der Waals surface area contributed by atoms with Crippen LogP contribution in [0.2, 0.25) is 0 Å². The molecular weight excluding hydrogens is 466 g/mol. The molecule has 0 bridgehead atoms. The summed E-state index contributed by atoms with van der Waals surface area (Å²) in [6.45, 7) is 4.46. The van der Waals surface area contributed by atoms with E-state index in [0.29, 0.717) is 42.4 Å². The highest BCUT2D eigenvalue weighted by molar-refractivity contribution is 7.92. The van der Waals surface area contributed by atoms with Crippen molar-refractivity contribution >= 4 is 38.9 Å². The van der Waals surface area contributed by atoms with Crippen LogP contribution in [0.15, 0.2) is 71.6 Å². The van der Waals surface area contributed by atoms with Gasteiger partial charge in [0.15, 0.2) is 0 Å². The van der Waals surface area contributed by atoms with Gasteiger partial charge in [-0.3, -0.25) is 13.9 Å². The maximum Gasteiger partial charge on any atom is 0.314 e. The van der Waals surface area contributed by atoms with Crippen molar-refractivity contribution in [1.29, 1.82) is 0 Å². The number of sulfonamides is 1. The molecule has 0 aliphatic carbocycles. The molecule has 9 heteroatoms. The quantitative estimate of drug-likeness (QED) is 0.503. The second kappa shape index (κ2) is 10.2. The van der Waals surface area contributed by atoms with E-state index < -0.39 is 21.8 Å². The summed E-state index contributed by atoms with van der Waals surface area (Å²) in [5, 5.41) is 5.12. The molecule has 8 nitrogen and oxygen atoms in total. The number of carbonyl (C=O) groups excluding carboxylic acids is 2. The fourth-order valence-electron chi connectivity index (χ4n) is 3.92. The third-order valence-electron chi connectivity index (χ3n) is 5.67. The van der Waals surface area contributed by atoms with E-state index in [0.717, 1.165) is 17.5 Å². The Bertz CT molecular complexity index is 1350. The molecule has 0 unspecified atom stereocenters. The van der Waals surface area contributed by atoms with Crippen molar-refractivity contribution in [3.05, 3.63) is 77.9 Å². The molecule has 0 fully saturated rings.